The molecule has 0 fully saturated rings. The lowest BCUT2D eigenvalue weighted by Gasteiger charge is -2.31. The standard InChI is InChI=1S/C22H24Cl2N2O6/c1-11(2)18-25-16-6-4-3-5-13(22(19(27)28,20(29)30)21(31)32)17(16)26(18)10-12-7-8-14(23)15(24)9-12/h7-9,11,13H,3-6,10H2,1-2H3,(H,27,28)(H,29,30)(H,31,32). The van der Waals surface area contributed by atoms with Gasteiger partial charge in [0.05, 0.1) is 15.7 Å². The average molecular weight is 483 g/mol. The van der Waals surface area contributed by atoms with Crippen molar-refractivity contribution in [2.24, 2.45) is 5.41 Å². The summed E-state index contributed by atoms with van der Waals surface area (Å²) in [5.41, 5.74) is -1.38. The first kappa shape index (κ1) is 24.1. The van der Waals surface area contributed by atoms with E-state index in [0.717, 1.165) is 5.56 Å². The molecule has 1 unspecified atom stereocenters. The molecule has 0 radical (unpaired) electrons. The molecular formula is C22H24Cl2N2O6. The summed E-state index contributed by atoms with van der Waals surface area (Å²) in [5, 5.41) is 30.3. The normalized spacial score (nSPS) is 16.5. The Hall–Kier alpha value is -2.58. The molecule has 0 bridgehead atoms. The molecule has 0 saturated carbocycles. The quantitative estimate of drug-likeness (QED) is 0.393. The van der Waals surface area contributed by atoms with Gasteiger partial charge in [0, 0.05) is 24.1 Å². The lowest BCUT2D eigenvalue weighted by Crippen LogP contribution is -2.51. The molecule has 0 amide bonds. The molecule has 3 N–H and O–H groups in total. The van der Waals surface area contributed by atoms with E-state index in [9.17, 15) is 29.7 Å². The van der Waals surface area contributed by atoms with Gasteiger partial charge in [0.25, 0.3) is 5.41 Å². The van der Waals surface area contributed by atoms with Gasteiger partial charge in [-0.25, -0.2) is 4.98 Å². The molecule has 2 aromatic rings. The van der Waals surface area contributed by atoms with E-state index in [1.165, 1.54) is 0 Å². The van der Waals surface area contributed by atoms with Crippen LogP contribution in [0.15, 0.2) is 18.2 Å². The molecule has 0 aliphatic heterocycles. The number of carbonyl (C=O) groups is 3. The number of hydrogen-bond acceptors (Lipinski definition) is 4. The van der Waals surface area contributed by atoms with Gasteiger partial charge in [-0.2, -0.15) is 0 Å². The molecule has 1 atom stereocenters. The van der Waals surface area contributed by atoms with Gasteiger partial charge in [0.1, 0.15) is 5.82 Å². The van der Waals surface area contributed by atoms with Gasteiger partial charge in [-0.3, -0.25) is 14.4 Å². The topological polar surface area (TPSA) is 130 Å². The molecule has 0 spiro atoms. The van der Waals surface area contributed by atoms with E-state index in [0.29, 0.717) is 46.5 Å². The summed E-state index contributed by atoms with van der Waals surface area (Å²) in [6.45, 7) is 4.06. The fourth-order valence-corrected chi connectivity index (χ4v) is 4.78. The molecule has 32 heavy (non-hydrogen) atoms. The van der Waals surface area contributed by atoms with E-state index in [1.807, 2.05) is 13.8 Å². The molecule has 1 aromatic carbocycles. The summed E-state index contributed by atoms with van der Waals surface area (Å²) >= 11 is 12.2. The van der Waals surface area contributed by atoms with Gasteiger partial charge in [-0.1, -0.05) is 49.5 Å². The first-order valence-electron chi connectivity index (χ1n) is 10.2. The number of carboxylic acids is 3. The monoisotopic (exact) mass is 482 g/mol. The number of nitrogens with zero attached hydrogens (tertiary/aromatic N) is 2. The predicted molar refractivity (Wildman–Crippen MR) is 118 cm³/mol. The van der Waals surface area contributed by atoms with Gasteiger partial charge in [0.2, 0.25) is 0 Å². The zero-order chi connectivity index (χ0) is 23.8. The van der Waals surface area contributed by atoms with Crippen molar-refractivity contribution in [2.75, 3.05) is 0 Å². The highest BCUT2D eigenvalue weighted by atomic mass is 35.5. The number of benzene rings is 1. The maximum absolute atomic E-state index is 12.2. The van der Waals surface area contributed by atoms with Crippen LogP contribution in [0.1, 0.15) is 67.7 Å². The molecule has 1 aliphatic carbocycles. The molecule has 172 valence electrons. The Balaban J connectivity index is 2.29. The largest absolute Gasteiger partial charge is 0.480 e. The minimum Gasteiger partial charge on any atom is -0.480 e. The van der Waals surface area contributed by atoms with E-state index in [2.05, 4.69) is 0 Å². The fraction of sp³-hybridized carbons (Fsp3) is 0.455. The number of halogens is 2. The zero-order valence-electron chi connectivity index (χ0n) is 17.6. The van der Waals surface area contributed by atoms with Crippen LogP contribution in [0.4, 0.5) is 0 Å². The molecule has 8 nitrogen and oxygen atoms in total. The van der Waals surface area contributed by atoms with E-state index in [1.54, 1.807) is 22.8 Å². The Bertz CT molecular complexity index is 1040. The third kappa shape index (κ3) is 3.97. The van der Waals surface area contributed by atoms with Crippen molar-refractivity contribution in [2.45, 2.75) is 57.9 Å². The van der Waals surface area contributed by atoms with Crippen molar-refractivity contribution in [1.82, 2.24) is 9.55 Å². The Morgan fingerprint density at radius 3 is 2.25 bits per heavy atom. The minimum absolute atomic E-state index is 0.0702. The lowest BCUT2D eigenvalue weighted by molar-refractivity contribution is -0.178. The predicted octanol–water partition coefficient (Wildman–Crippen LogP) is 4.41. The van der Waals surface area contributed by atoms with Crippen molar-refractivity contribution in [1.29, 1.82) is 0 Å². The Morgan fingerprint density at radius 2 is 1.72 bits per heavy atom. The second kappa shape index (κ2) is 9.11. The Morgan fingerprint density at radius 1 is 1.09 bits per heavy atom. The van der Waals surface area contributed by atoms with Gasteiger partial charge in [-0.15, -0.1) is 0 Å². The van der Waals surface area contributed by atoms with Crippen LogP contribution < -0.4 is 0 Å². The average Bonchev–Trinajstić information content (AvgIpc) is 2.91. The van der Waals surface area contributed by atoms with Crippen LogP contribution in [0.25, 0.3) is 0 Å². The van der Waals surface area contributed by atoms with Crippen molar-refractivity contribution < 1.29 is 29.7 Å². The number of fused-ring (bicyclic) bond motifs is 1. The third-order valence-electron chi connectivity index (χ3n) is 5.97. The van der Waals surface area contributed by atoms with E-state index in [4.69, 9.17) is 28.2 Å². The zero-order valence-corrected chi connectivity index (χ0v) is 19.2. The number of aryl methyl sites for hydroxylation is 1. The van der Waals surface area contributed by atoms with Gasteiger partial charge < -0.3 is 19.9 Å². The summed E-state index contributed by atoms with van der Waals surface area (Å²) in [6.07, 6.45) is 1.75. The first-order chi connectivity index (χ1) is 15.0. The van der Waals surface area contributed by atoms with Crippen LogP contribution in [0.5, 0.6) is 0 Å². The summed E-state index contributed by atoms with van der Waals surface area (Å²) in [6, 6.07) is 5.07. The van der Waals surface area contributed by atoms with Crippen LogP contribution in [-0.2, 0) is 27.3 Å². The van der Waals surface area contributed by atoms with Crippen molar-refractivity contribution >= 4 is 41.1 Å². The van der Waals surface area contributed by atoms with Crippen molar-refractivity contribution in [3.05, 3.63) is 51.0 Å². The first-order valence-corrected chi connectivity index (χ1v) is 11.0. The number of hydrogen-bond donors (Lipinski definition) is 3. The second-order valence-corrected chi connectivity index (χ2v) is 9.13. The van der Waals surface area contributed by atoms with Gasteiger partial charge >= 0.3 is 17.9 Å². The molecule has 3 rings (SSSR count). The molecule has 10 heteroatoms. The summed E-state index contributed by atoms with van der Waals surface area (Å²) < 4.78 is 1.76. The molecular weight excluding hydrogens is 459 g/mol. The summed E-state index contributed by atoms with van der Waals surface area (Å²) in [7, 11) is 0. The SMILES string of the molecule is CC(C)c1nc2c(n1Cc1ccc(Cl)c(Cl)c1)C(C(C(=O)O)(C(=O)O)C(=O)O)CCCC2. The van der Waals surface area contributed by atoms with Gasteiger partial charge in [0.15, 0.2) is 0 Å². The number of aromatic nitrogens is 2. The Labute approximate surface area is 194 Å². The third-order valence-corrected chi connectivity index (χ3v) is 6.71. The van der Waals surface area contributed by atoms with Crippen LogP contribution in [0.2, 0.25) is 10.0 Å². The number of imidazole rings is 1. The minimum atomic E-state index is -3.03. The summed E-state index contributed by atoms with van der Waals surface area (Å²) in [4.78, 5) is 41.3. The van der Waals surface area contributed by atoms with Crippen LogP contribution in [0.3, 0.4) is 0 Å². The van der Waals surface area contributed by atoms with Crippen LogP contribution >= 0.6 is 23.2 Å². The maximum atomic E-state index is 12.2. The number of rotatable bonds is 7. The molecule has 1 heterocycles. The lowest BCUT2D eigenvalue weighted by atomic mass is 9.71. The van der Waals surface area contributed by atoms with Crippen LogP contribution in [-0.4, -0.2) is 42.8 Å². The van der Waals surface area contributed by atoms with E-state index in [-0.39, 0.29) is 18.9 Å². The fourth-order valence-electron chi connectivity index (χ4n) is 4.46. The Kier molecular flexibility index (Phi) is 6.86. The van der Waals surface area contributed by atoms with Gasteiger partial charge in [-0.05, 0) is 37.0 Å². The number of aliphatic carboxylic acids is 3. The summed E-state index contributed by atoms with van der Waals surface area (Å²) in [5.74, 6) is -6.44. The molecule has 1 aliphatic rings. The molecule has 1 aromatic heterocycles. The van der Waals surface area contributed by atoms with Crippen molar-refractivity contribution in [3.8, 4) is 0 Å². The molecule has 0 saturated heterocycles. The maximum Gasteiger partial charge on any atom is 0.333 e. The highest BCUT2D eigenvalue weighted by Crippen LogP contribution is 2.45. The smallest absolute Gasteiger partial charge is 0.333 e. The van der Waals surface area contributed by atoms with E-state index >= 15 is 0 Å². The second-order valence-electron chi connectivity index (χ2n) is 8.31. The van der Waals surface area contributed by atoms with Crippen LogP contribution in [0, 0.1) is 5.41 Å². The van der Waals surface area contributed by atoms with E-state index < -0.39 is 29.2 Å². The number of carboxylic acid groups (broad SMARTS) is 3. The highest BCUT2D eigenvalue weighted by molar-refractivity contribution is 6.42. The highest BCUT2D eigenvalue weighted by Gasteiger charge is 2.62. The van der Waals surface area contributed by atoms with Crippen molar-refractivity contribution in [3.63, 3.8) is 0 Å².